The fourth-order valence-corrected chi connectivity index (χ4v) is 1.35. The number of nitrogens with one attached hydrogen (secondary N) is 2. The van der Waals surface area contributed by atoms with Gasteiger partial charge in [-0.15, -0.1) is 6.58 Å². The fraction of sp³-hybridized carbons (Fsp3) is 0.600. The second-order valence-corrected chi connectivity index (χ2v) is 3.66. The number of rotatable bonds is 4. The Morgan fingerprint density at radius 2 is 2.36 bits per heavy atom. The molecule has 4 nitrogen and oxygen atoms in total. The van der Waals surface area contributed by atoms with E-state index in [1.54, 1.807) is 0 Å². The lowest BCUT2D eigenvalue weighted by Crippen LogP contribution is -2.50. The zero-order valence-electron chi connectivity index (χ0n) is 8.43. The topological polar surface area (TPSA) is 58.2 Å². The predicted octanol–water partition coefficient (Wildman–Crippen LogP) is 0.347. The molecule has 78 valence electrons. The molecular formula is C10H16N2O2. The van der Waals surface area contributed by atoms with E-state index in [0.29, 0.717) is 12.8 Å². The zero-order valence-corrected chi connectivity index (χ0v) is 8.43. The molecule has 1 saturated heterocycles. The van der Waals surface area contributed by atoms with Gasteiger partial charge in [-0.3, -0.25) is 14.9 Å². The van der Waals surface area contributed by atoms with Crippen LogP contribution in [0.15, 0.2) is 12.2 Å². The van der Waals surface area contributed by atoms with Crippen LogP contribution in [0.1, 0.15) is 26.2 Å². The average molecular weight is 196 g/mol. The van der Waals surface area contributed by atoms with Crippen LogP contribution in [0.5, 0.6) is 0 Å². The van der Waals surface area contributed by atoms with Gasteiger partial charge in [-0.2, -0.15) is 0 Å². The SMILES string of the molecule is C=C(C)CCNC1CCC(=O)NC1=O. The van der Waals surface area contributed by atoms with Crippen molar-refractivity contribution in [3.63, 3.8) is 0 Å². The molecule has 1 fully saturated rings. The van der Waals surface area contributed by atoms with Crippen LogP contribution in [0.2, 0.25) is 0 Å². The summed E-state index contributed by atoms with van der Waals surface area (Å²) >= 11 is 0. The highest BCUT2D eigenvalue weighted by Gasteiger charge is 2.25. The molecule has 1 aliphatic heterocycles. The minimum atomic E-state index is -0.216. The van der Waals surface area contributed by atoms with Crippen LogP contribution in [0, 0.1) is 0 Å². The van der Waals surface area contributed by atoms with E-state index >= 15 is 0 Å². The molecule has 14 heavy (non-hydrogen) atoms. The molecule has 2 N–H and O–H groups in total. The van der Waals surface area contributed by atoms with Crippen molar-refractivity contribution in [1.82, 2.24) is 10.6 Å². The summed E-state index contributed by atoms with van der Waals surface area (Å²) < 4.78 is 0. The van der Waals surface area contributed by atoms with Gasteiger partial charge in [0, 0.05) is 6.42 Å². The third kappa shape index (κ3) is 3.30. The lowest BCUT2D eigenvalue weighted by molar-refractivity contribution is -0.134. The van der Waals surface area contributed by atoms with Crippen LogP contribution >= 0.6 is 0 Å². The normalized spacial score (nSPS) is 21.9. The quantitative estimate of drug-likeness (QED) is 0.504. The van der Waals surface area contributed by atoms with Gasteiger partial charge < -0.3 is 5.32 Å². The Hall–Kier alpha value is -1.16. The van der Waals surface area contributed by atoms with E-state index in [1.165, 1.54) is 0 Å². The molecule has 0 aliphatic carbocycles. The summed E-state index contributed by atoms with van der Waals surface area (Å²) in [6.45, 7) is 6.46. The number of carbonyl (C=O) groups excluding carboxylic acids is 2. The summed E-state index contributed by atoms with van der Waals surface area (Å²) in [5.74, 6) is -0.379. The highest BCUT2D eigenvalue weighted by atomic mass is 16.2. The van der Waals surface area contributed by atoms with Gasteiger partial charge in [0.2, 0.25) is 11.8 Å². The molecule has 0 aromatic heterocycles. The van der Waals surface area contributed by atoms with Gasteiger partial charge in [-0.05, 0) is 26.3 Å². The van der Waals surface area contributed by atoms with Crippen molar-refractivity contribution in [2.24, 2.45) is 0 Å². The van der Waals surface area contributed by atoms with Crippen molar-refractivity contribution in [3.8, 4) is 0 Å². The first-order chi connectivity index (χ1) is 6.59. The van der Waals surface area contributed by atoms with E-state index in [9.17, 15) is 9.59 Å². The van der Waals surface area contributed by atoms with Gasteiger partial charge in [-0.25, -0.2) is 0 Å². The van der Waals surface area contributed by atoms with Crippen LogP contribution in [-0.4, -0.2) is 24.4 Å². The number of imide groups is 1. The van der Waals surface area contributed by atoms with Gasteiger partial charge in [0.25, 0.3) is 0 Å². The molecule has 0 bridgehead atoms. The molecule has 0 radical (unpaired) electrons. The summed E-state index contributed by atoms with van der Waals surface area (Å²) in [5.41, 5.74) is 1.09. The molecule has 0 aromatic carbocycles. The number of hydrogen-bond donors (Lipinski definition) is 2. The Bertz CT molecular complexity index is 261. The summed E-state index contributed by atoms with van der Waals surface area (Å²) in [6.07, 6.45) is 1.88. The van der Waals surface area contributed by atoms with Gasteiger partial charge in [0.15, 0.2) is 0 Å². The second kappa shape index (κ2) is 4.91. The molecule has 0 spiro atoms. The van der Waals surface area contributed by atoms with E-state index in [-0.39, 0.29) is 17.9 Å². The Balaban J connectivity index is 2.27. The average Bonchev–Trinajstić information content (AvgIpc) is 2.08. The number of hydrogen-bond acceptors (Lipinski definition) is 3. The van der Waals surface area contributed by atoms with Crippen molar-refractivity contribution < 1.29 is 9.59 Å². The second-order valence-electron chi connectivity index (χ2n) is 3.66. The maximum atomic E-state index is 11.3. The van der Waals surface area contributed by atoms with Crippen LogP contribution in [0.3, 0.4) is 0 Å². The summed E-state index contributed by atoms with van der Waals surface area (Å²) in [6, 6.07) is -0.216. The molecule has 0 saturated carbocycles. The lowest BCUT2D eigenvalue weighted by atomic mass is 10.1. The Morgan fingerprint density at radius 3 is 2.93 bits per heavy atom. The van der Waals surface area contributed by atoms with Crippen LogP contribution in [0.25, 0.3) is 0 Å². The molecule has 1 aliphatic rings. The number of amides is 2. The number of piperidine rings is 1. The molecule has 1 rings (SSSR count). The van der Waals surface area contributed by atoms with Gasteiger partial charge >= 0.3 is 0 Å². The van der Waals surface area contributed by atoms with Crippen molar-refractivity contribution in [2.75, 3.05) is 6.54 Å². The minimum Gasteiger partial charge on any atom is -0.306 e. The van der Waals surface area contributed by atoms with E-state index in [1.807, 2.05) is 6.92 Å². The standard InChI is InChI=1S/C10H16N2O2/c1-7(2)5-6-11-8-3-4-9(13)12-10(8)14/h8,11H,1,3-6H2,2H3,(H,12,13,14). The van der Waals surface area contributed by atoms with E-state index < -0.39 is 0 Å². The Kier molecular flexibility index (Phi) is 3.83. The highest BCUT2D eigenvalue weighted by Crippen LogP contribution is 2.04. The maximum absolute atomic E-state index is 11.3. The summed E-state index contributed by atoms with van der Waals surface area (Å²) in [5, 5.41) is 5.40. The van der Waals surface area contributed by atoms with Crippen molar-refractivity contribution in [1.29, 1.82) is 0 Å². The Labute approximate surface area is 83.8 Å². The van der Waals surface area contributed by atoms with Crippen molar-refractivity contribution in [3.05, 3.63) is 12.2 Å². The predicted molar refractivity (Wildman–Crippen MR) is 53.6 cm³/mol. The number of carbonyl (C=O) groups is 2. The molecular weight excluding hydrogens is 180 g/mol. The first-order valence-electron chi connectivity index (χ1n) is 4.81. The third-order valence-electron chi connectivity index (χ3n) is 2.18. The third-order valence-corrected chi connectivity index (χ3v) is 2.18. The molecule has 4 heteroatoms. The lowest BCUT2D eigenvalue weighted by Gasteiger charge is -2.21. The monoisotopic (exact) mass is 196 g/mol. The Morgan fingerprint density at radius 1 is 1.64 bits per heavy atom. The van der Waals surface area contributed by atoms with Gasteiger partial charge in [0.05, 0.1) is 6.04 Å². The molecule has 2 amide bonds. The molecule has 1 unspecified atom stereocenters. The largest absolute Gasteiger partial charge is 0.306 e. The first kappa shape index (κ1) is 10.9. The van der Waals surface area contributed by atoms with E-state index in [2.05, 4.69) is 17.2 Å². The van der Waals surface area contributed by atoms with E-state index in [0.717, 1.165) is 18.5 Å². The zero-order chi connectivity index (χ0) is 10.6. The van der Waals surface area contributed by atoms with E-state index in [4.69, 9.17) is 0 Å². The first-order valence-corrected chi connectivity index (χ1v) is 4.81. The van der Waals surface area contributed by atoms with Crippen LogP contribution < -0.4 is 10.6 Å². The smallest absolute Gasteiger partial charge is 0.243 e. The fourth-order valence-electron chi connectivity index (χ4n) is 1.35. The molecule has 0 aromatic rings. The highest BCUT2D eigenvalue weighted by molar-refractivity contribution is 6.00. The van der Waals surface area contributed by atoms with Crippen molar-refractivity contribution >= 4 is 11.8 Å². The maximum Gasteiger partial charge on any atom is 0.243 e. The van der Waals surface area contributed by atoms with Crippen LogP contribution in [-0.2, 0) is 9.59 Å². The van der Waals surface area contributed by atoms with Gasteiger partial charge in [-0.1, -0.05) is 5.57 Å². The van der Waals surface area contributed by atoms with Gasteiger partial charge in [0.1, 0.15) is 0 Å². The summed E-state index contributed by atoms with van der Waals surface area (Å²) in [7, 11) is 0. The molecule has 1 atom stereocenters. The van der Waals surface area contributed by atoms with Crippen molar-refractivity contribution in [2.45, 2.75) is 32.2 Å². The summed E-state index contributed by atoms with van der Waals surface area (Å²) in [4.78, 5) is 22.1. The minimum absolute atomic E-state index is 0.173. The van der Waals surface area contributed by atoms with Crippen LogP contribution in [0.4, 0.5) is 0 Å². The molecule has 1 heterocycles.